The maximum absolute atomic E-state index is 3.59. The van der Waals surface area contributed by atoms with Crippen LogP contribution in [-0.4, -0.2) is 37.6 Å². The lowest BCUT2D eigenvalue weighted by Gasteiger charge is -2.16. The minimum atomic E-state index is 0.862. The number of nitrogens with one attached hydrogen (secondary N) is 1. The number of rotatable bonds is 15. The Morgan fingerprint density at radius 1 is 0.800 bits per heavy atom. The molecule has 0 atom stereocenters. The molecule has 1 saturated carbocycles. The van der Waals surface area contributed by atoms with E-state index in [0.29, 0.717) is 0 Å². The van der Waals surface area contributed by atoms with E-state index >= 15 is 0 Å². The van der Waals surface area contributed by atoms with Gasteiger partial charge in [0.05, 0.1) is 0 Å². The smallest absolute Gasteiger partial charge is 0.0104 e. The zero-order valence-corrected chi connectivity index (χ0v) is 14.1. The highest BCUT2D eigenvalue weighted by molar-refractivity contribution is 4.80. The normalized spacial score (nSPS) is 15.2. The predicted octanol–water partition coefficient (Wildman–Crippen LogP) is 4.59. The van der Waals surface area contributed by atoms with Crippen LogP contribution >= 0.6 is 0 Å². The summed E-state index contributed by atoms with van der Waals surface area (Å²) in [6.07, 6.45) is 17.2. The van der Waals surface area contributed by atoms with Crippen molar-refractivity contribution in [1.29, 1.82) is 0 Å². The van der Waals surface area contributed by atoms with E-state index in [9.17, 15) is 0 Å². The zero-order valence-electron chi connectivity index (χ0n) is 14.1. The SMILES string of the molecule is CCCCCCCCCCCCN(C)CCNC1CC1. The van der Waals surface area contributed by atoms with Crippen molar-refractivity contribution in [2.75, 3.05) is 26.7 Å². The standard InChI is InChI=1S/C18H38N2/c1-3-4-5-6-7-8-9-10-11-12-16-20(2)17-15-19-18-13-14-18/h18-19H,3-17H2,1-2H3. The van der Waals surface area contributed by atoms with Gasteiger partial charge in [0, 0.05) is 19.1 Å². The Hall–Kier alpha value is -0.0800. The lowest BCUT2D eigenvalue weighted by molar-refractivity contribution is 0.321. The van der Waals surface area contributed by atoms with Gasteiger partial charge < -0.3 is 10.2 Å². The topological polar surface area (TPSA) is 15.3 Å². The summed E-state index contributed by atoms with van der Waals surface area (Å²) in [7, 11) is 2.27. The molecule has 20 heavy (non-hydrogen) atoms. The van der Waals surface area contributed by atoms with E-state index in [1.807, 2.05) is 0 Å². The Balaban J connectivity index is 1.70. The Morgan fingerprint density at radius 3 is 1.90 bits per heavy atom. The Bertz CT molecular complexity index is 202. The molecule has 0 spiro atoms. The summed E-state index contributed by atoms with van der Waals surface area (Å²) in [5.74, 6) is 0. The second-order valence-corrected chi connectivity index (χ2v) is 6.71. The van der Waals surface area contributed by atoms with Gasteiger partial charge in [-0.25, -0.2) is 0 Å². The van der Waals surface area contributed by atoms with Gasteiger partial charge in [0.2, 0.25) is 0 Å². The average molecular weight is 283 g/mol. The number of likely N-dealkylation sites (N-methyl/N-ethyl adjacent to an activating group) is 1. The molecule has 1 aliphatic rings. The van der Waals surface area contributed by atoms with Crippen LogP contribution in [0.15, 0.2) is 0 Å². The van der Waals surface area contributed by atoms with Crippen LogP contribution in [0, 0.1) is 0 Å². The van der Waals surface area contributed by atoms with Crippen LogP contribution in [0.25, 0.3) is 0 Å². The van der Waals surface area contributed by atoms with Gasteiger partial charge in [0.25, 0.3) is 0 Å². The average Bonchev–Trinajstić information content (AvgIpc) is 3.25. The van der Waals surface area contributed by atoms with Gasteiger partial charge in [-0.05, 0) is 32.9 Å². The number of unbranched alkanes of at least 4 members (excludes halogenated alkanes) is 9. The number of hydrogen-bond acceptors (Lipinski definition) is 2. The van der Waals surface area contributed by atoms with Crippen LogP contribution in [0.5, 0.6) is 0 Å². The first-order valence-electron chi connectivity index (χ1n) is 9.25. The summed E-state index contributed by atoms with van der Waals surface area (Å²) in [6.45, 7) is 5.97. The van der Waals surface area contributed by atoms with Crippen LogP contribution < -0.4 is 5.32 Å². The maximum Gasteiger partial charge on any atom is 0.0104 e. The molecule has 120 valence electrons. The minimum absolute atomic E-state index is 0.862. The van der Waals surface area contributed by atoms with Gasteiger partial charge in [0.15, 0.2) is 0 Å². The molecular weight excluding hydrogens is 244 g/mol. The third-order valence-electron chi connectivity index (χ3n) is 4.40. The zero-order chi connectivity index (χ0) is 14.5. The molecule has 0 saturated heterocycles. The van der Waals surface area contributed by atoms with E-state index in [-0.39, 0.29) is 0 Å². The summed E-state index contributed by atoms with van der Waals surface area (Å²) in [5, 5.41) is 3.59. The van der Waals surface area contributed by atoms with E-state index in [4.69, 9.17) is 0 Å². The highest BCUT2D eigenvalue weighted by Gasteiger charge is 2.19. The predicted molar refractivity (Wildman–Crippen MR) is 90.4 cm³/mol. The summed E-state index contributed by atoms with van der Waals surface area (Å²) in [6, 6.07) is 0.862. The molecule has 0 aromatic heterocycles. The minimum Gasteiger partial charge on any atom is -0.313 e. The number of nitrogens with zero attached hydrogens (tertiary/aromatic N) is 1. The van der Waals surface area contributed by atoms with Crippen LogP contribution in [-0.2, 0) is 0 Å². The summed E-state index contributed by atoms with van der Waals surface area (Å²) in [4.78, 5) is 2.49. The largest absolute Gasteiger partial charge is 0.313 e. The summed E-state index contributed by atoms with van der Waals surface area (Å²) in [5.41, 5.74) is 0. The van der Waals surface area contributed by atoms with Crippen molar-refractivity contribution in [3.05, 3.63) is 0 Å². The molecule has 0 unspecified atom stereocenters. The molecule has 1 rings (SSSR count). The Morgan fingerprint density at radius 2 is 1.35 bits per heavy atom. The molecule has 2 nitrogen and oxygen atoms in total. The van der Waals surface area contributed by atoms with Crippen molar-refractivity contribution in [1.82, 2.24) is 10.2 Å². The molecule has 2 heteroatoms. The van der Waals surface area contributed by atoms with Crippen LogP contribution in [0.2, 0.25) is 0 Å². The fraction of sp³-hybridized carbons (Fsp3) is 1.00. The maximum atomic E-state index is 3.59. The molecule has 1 aliphatic carbocycles. The molecular formula is C18H38N2. The van der Waals surface area contributed by atoms with E-state index in [2.05, 4.69) is 24.2 Å². The monoisotopic (exact) mass is 282 g/mol. The quantitative estimate of drug-likeness (QED) is 0.442. The second kappa shape index (κ2) is 12.6. The lowest BCUT2D eigenvalue weighted by Crippen LogP contribution is -2.30. The van der Waals surface area contributed by atoms with Crippen molar-refractivity contribution in [3.63, 3.8) is 0 Å². The van der Waals surface area contributed by atoms with Crippen molar-refractivity contribution >= 4 is 0 Å². The first kappa shape index (κ1) is 18.0. The second-order valence-electron chi connectivity index (χ2n) is 6.71. The van der Waals surface area contributed by atoms with Gasteiger partial charge in [-0.1, -0.05) is 64.7 Å². The first-order valence-corrected chi connectivity index (χ1v) is 9.25. The van der Waals surface area contributed by atoms with Crippen molar-refractivity contribution < 1.29 is 0 Å². The van der Waals surface area contributed by atoms with Crippen LogP contribution in [0.1, 0.15) is 84.0 Å². The van der Waals surface area contributed by atoms with E-state index in [1.165, 1.54) is 96.7 Å². The van der Waals surface area contributed by atoms with Crippen molar-refractivity contribution in [3.8, 4) is 0 Å². The Kier molecular flexibility index (Phi) is 11.4. The fourth-order valence-electron chi connectivity index (χ4n) is 2.73. The van der Waals surface area contributed by atoms with Crippen molar-refractivity contribution in [2.24, 2.45) is 0 Å². The van der Waals surface area contributed by atoms with E-state index in [0.717, 1.165) is 6.04 Å². The lowest BCUT2D eigenvalue weighted by atomic mass is 10.1. The summed E-state index contributed by atoms with van der Waals surface area (Å²) >= 11 is 0. The van der Waals surface area contributed by atoms with Gasteiger partial charge >= 0.3 is 0 Å². The third-order valence-corrected chi connectivity index (χ3v) is 4.40. The molecule has 0 heterocycles. The van der Waals surface area contributed by atoms with E-state index < -0.39 is 0 Å². The number of hydrogen-bond donors (Lipinski definition) is 1. The molecule has 0 bridgehead atoms. The fourth-order valence-corrected chi connectivity index (χ4v) is 2.73. The van der Waals surface area contributed by atoms with Gasteiger partial charge in [-0.2, -0.15) is 0 Å². The third kappa shape index (κ3) is 11.7. The molecule has 1 N–H and O–H groups in total. The van der Waals surface area contributed by atoms with Gasteiger partial charge in [-0.3, -0.25) is 0 Å². The molecule has 0 aliphatic heterocycles. The van der Waals surface area contributed by atoms with Crippen LogP contribution in [0.3, 0.4) is 0 Å². The first-order chi connectivity index (χ1) is 9.83. The highest BCUT2D eigenvalue weighted by atomic mass is 15.1. The molecule has 0 radical (unpaired) electrons. The van der Waals surface area contributed by atoms with Gasteiger partial charge in [0.1, 0.15) is 0 Å². The van der Waals surface area contributed by atoms with Gasteiger partial charge in [-0.15, -0.1) is 0 Å². The molecule has 1 fully saturated rings. The van der Waals surface area contributed by atoms with E-state index in [1.54, 1.807) is 0 Å². The molecule has 0 aromatic carbocycles. The van der Waals surface area contributed by atoms with Crippen molar-refractivity contribution in [2.45, 2.75) is 90.0 Å². The van der Waals surface area contributed by atoms with Crippen LogP contribution in [0.4, 0.5) is 0 Å². The molecule has 0 amide bonds. The summed E-state index contributed by atoms with van der Waals surface area (Å²) < 4.78 is 0. The Labute approximate surface area is 127 Å². The molecule has 0 aromatic rings. The highest BCUT2D eigenvalue weighted by Crippen LogP contribution is 2.18.